The molecule has 0 saturated heterocycles. The number of carbonyl (C=O) groups excluding carboxylic acids is 2. The number of benzene rings is 1. The normalized spacial score (nSPS) is 23.3. The van der Waals surface area contributed by atoms with Crippen LogP contribution in [0.2, 0.25) is 0 Å². The molecule has 2 rings (SSSR count). The fraction of sp³-hybridized carbons (Fsp3) is 0.500. The lowest BCUT2D eigenvalue weighted by Crippen LogP contribution is -2.48. The summed E-state index contributed by atoms with van der Waals surface area (Å²) >= 11 is 0. The highest BCUT2D eigenvalue weighted by molar-refractivity contribution is 5.89. The summed E-state index contributed by atoms with van der Waals surface area (Å²) in [5.74, 6) is -0.388. The van der Waals surface area contributed by atoms with Crippen molar-refractivity contribution < 1.29 is 19.1 Å². The molecule has 0 spiro atoms. The lowest BCUT2D eigenvalue weighted by Gasteiger charge is -2.24. The van der Waals surface area contributed by atoms with Crippen molar-refractivity contribution in [3.63, 3.8) is 0 Å². The van der Waals surface area contributed by atoms with E-state index in [1.165, 1.54) is 0 Å². The van der Waals surface area contributed by atoms with Crippen molar-refractivity contribution >= 4 is 12.1 Å². The predicted octanol–water partition coefficient (Wildman–Crippen LogP) is 3.84. The highest BCUT2D eigenvalue weighted by Gasteiger charge is 2.64. The largest absolute Gasteiger partial charge is 0.459 e. The molecule has 2 unspecified atom stereocenters. The number of nitrogens with one attached hydrogen (secondary N) is 1. The molecule has 1 aromatic carbocycles. The van der Waals surface area contributed by atoms with Crippen LogP contribution in [0.25, 0.3) is 0 Å². The van der Waals surface area contributed by atoms with Gasteiger partial charge in [-0.15, -0.1) is 6.58 Å². The van der Waals surface area contributed by atoms with E-state index in [0.29, 0.717) is 6.42 Å². The summed E-state index contributed by atoms with van der Waals surface area (Å²) in [5.41, 5.74) is -0.768. The summed E-state index contributed by atoms with van der Waals surface area (Å²) in [7, 11) is 0. The molecule has 0 bridgehead atoms. The number of rotatable bonds is 6. The number of amides is 1. The zero-order chi connectivity index (χ0) is 18.7. The molecule has 0 heterocycles. The summed E-state index contributed by atoms with van der Waals surface area (Å²) in [5, 5.41) is 2.74. The van der Waals surface area contributed by atoms with Gasteiger partial charge in [-0.05, 0) is 38.7 Å². The number of hydrogen-bond donors (Lipinski definition) is 1. The minimum atomic E-state index is -1.04. The van der Waals surface area contributed by atoms with Crippen molar-refractivity contribution in [3.05, 3.63) is 48.6 Å². The van der Waals surface area contributed by atoms with Crippen LogP contribution in [0.15, 0.2) is 43.0 Å². The van der Waals surface area contributed by atoms with Crippen LogP contribution in [0.1, 0.15) is 39.7 Å². The van der Waals surface area contributed by atoms with Gasteiger partial charge in [0.2, 0.25) is 0 Å². The summed E-state index contributed by atoms with van der Waals surface area (Å²) in [4.78, 5) is 24.9. The van der Waals surface area contributed by atoms with Crippen molar-refractivity contribution in [2.45, 2.75) is 51.9 Å². The number of ether oxygens (including phenoxy) is 2. The molecule has 1 aromatic rings. The SMILES string of the molecule is C=CC(C)C1C[C@@]1(NC(=O)OC(C)(C)C)C(=O)OCc1ccccc1. The zero-order valence-electron chi connectivity index (χ0n) is 15.4. The first kappa shape index (κ1) is 19.0. The average molecular weight is 345 g/mol. The monoisotopic (exact) mass is 345 g/mol. The minimum absolute atomic E-state index is 0.0409. The van der Waals surface area contributed by atoms with Crippen LogP contribution in [-0.2, 0) is 20.9 Å². The van der Waals surface area contributed by atoms with Gasteiger partial charge in [0.05, 0.1) is 0 Å². The molecule has 0 radical (unpaired) electrons. The van der Waals surface area contributed by atoms with Crippen LogP contribution in [0, 0.1) is 11.8 Å². The fourth-order valence-corrected chi connectivity index (χ4v) is 2.85. The zero-order valence-corrected chi connectivity index (χ0v) is 15.4. The number of esters is 1. The molecule has 1 aliphatic rings. The molecule has 1 N–H and O–H groups in total. The summed E-state index contributed by atoms with van der Waals surface area (Å²) in [6.45, 7) is 11.3. The lowest BCUT2D eigenvalue weighted by atomic mass is 10.0. The van der Waals surface area contributed by atoms with E-state index in [-0.39, 0.29) is 18.4 Å². The van der Waals surface area contributed by atoms with Crippen molar-refractivity contribution in [1.29, 1.82) is 0 Å². The topological polar surface area (TPSA) is 64.6 Å². The van der Waals surface area contributed by atoms with Gasteiger partial charge in [0.1, 0.15) is 17.7 Å². The molecule has 5 nitrogen and oxygen atoms in total. The number of alkyl carbamates (subject to hydrolysis) is 1. The second-order valence-corrected chi connectivity index (χ2v) is 7.57. The van der Waals surface area contributed by atoms with E-state index in [1.807, 2.05) is 37.3 Å². The van der Waals surface area contributed by atoms with Gasteiger partial charge >= 0.3 is 12.1 Å². The maximum Gasteiger partial charge on any atom is 0.408 e. The van der Waals surface area contributed by atoms with Gasteiger partial charge in [-0.1, -0.05) is 43.3 Å². The molecule has 25 heavy (non-hydrogen) atoms. The van der Waals surface area contributed by atoms with Gasteiger partial charge < -0.3 is 14.8 Å². The Hall–Kier alpha value is -2.30. The van der Waals surface area contributed by atoms with Crippen molar-refractivity contribution in [3.8, 4) is 0 Å². The van der Waals surface area contributed by atoms with E-state index in [4.69, 9.17) is 9.47 Å². The van der Waals surface area contributed by atoms with Gasteiger partial charge in [0.25, 0.3) is 0 Å². The van der Waals surface area contributed by atoms with E-state index in [0.717, 1.165) is 5.56 Å². The molecular weight excluding hydrogens is 318 g/mol. The third-order valence-electron chi connectivity index (χ3n) is 4.32. The number of carbonyl (C=O) groups is 2. The smallest absolute Gasteiger partial charge is 0.408 e. The Balaban J connectivity index is 2.06. The first-order valence-electron chi connectivity index (χ1n) is 8.53. The van der Waals surface area contributed by atoms with E-state index in [2.05, 4.69) is 11.9 Å². The highest BCUT2D eigenvalue weighted by atomic mass is 16.6. The molecule has 0 aliphatic heterocycles. The lowest BCUT2D eigenvalue weighted by molar-refractivity contribution is -0.149. The summed E-state index contributed by atoms with van der Waals surface area (Å²) in [6.07, 6.45) is 1.70. The Labute approximate surface area is 149 Å². The van der Waals surface area contributed by atoms with Crippen LogP contribution < -0.4 is 5.32 Å². The van der Waals surface area contributed by atoms with Gasteiger partial charge in [-0.3, -0.25) is 0 Å². The molecule has 5 heteroatoms. The van der Waals surface area contributed by atoms with Crippen LogP contribution in [-0.4, -0.2) is 23.2 Å². The Kier molecular flexibility index (Phi) is 5.55. The van der Waals surface area contributed by atoms with Gasteiger partial charge in [0, 0.05) is 5.92 Å². The first-order valence-corrected chi connectivity index (χ1v) is 8.53. The Morgan fingerprint density at radius 2 is 2.00 bits per heavy atom. The third kappa shape index (κ3) is 4.84. The first-order chi connectivity index (χ1) is 11.7. The maximum absolute atomic E-state index is 12.7. The standard InChI is InChI=1S/C20H27NO4/c1-6-14(2)16-12-20(16,21-18(23)25-19(3,4)5)17(22)24-13-15-10-8-7-9-11-15/h6-11,14,16H,1,12-13H2,2-5H3,(H,21,23)/t14?,16?,20-/m0/s1. The molecule has 1 amide bonds. The Morgan fingerprint density at radius 3 is 2.56 bits per heavy atom. The minimum Gasteiger partial charge on any atom is -0.459 e. The van der Waals surface area contributed by atoms with E-state index >= 15 is 0 Å². The second kappa shape index (κ2) is 7.30. The summed E-state index contributed by atoms with van der Waals surface area (Å²) < 4.78 is 10.8. The van der Waals surface area contributed by atoms with Crippen LogP contribution >= 0.6 is 0 Å². The van der Waals surface area contributed by atoms with E-state index in [9.17, 15) is 9.59 Å². The molecule has 3 atom stereocenters. The fourth-order valence-electron chi connectivity index (χ4n) is 2.85. The second-order valence-electron chi connectivity index (χ2n) is 7.57. The molecule has 1 fully saturated rings. The van der Waals surface area contributed by atoms with Gasteiger partial charge in [-0.2, -0.15) is 0 Å². The predicted molar refractivity (Wildman–Crippen MR) is 95.8 cm³/mol. The van der Waals surface area contributed by atoms with Crippen LogP contribution in [0.5, 0.6) is 0 Å². The highest BCUT2D eigenvalue weighted by Crippen LogP contribution is 2.50. The number of allylic oxidation sites excluding steroid dienone is 1. The Morgan fingerprint density at radius 1 is 1.36 bits per heavy atom. The molecular formula is C20H27NO4. The van der Waals surface area contributed by atoms with Gasteiger partial charge in [0.15, 0.2) is 0 Å². The summed E-state index contributed by atoms with van der Waals surface area (Å²) in [6, 6.07) is 9.45. The van der Waals surface area contributed by atoms with E-state index < -0.39 is 23.2 Å². The third-order valence-corrected chi connectivity index (χ3v) is 4.32. The van der Waals surface area contributed by atoms with Gasteiger partial charge in [-0.25, -0.2) is 9.59 Å². The van der Waals surface area contributed by atoms with Crippen LogP contribution in [0.4, 0.5) is 4.79 Å². The molecule has 1 aliphatic carbocycles. The van der Waals surface area contributed by atoms with E-state index in [1.54, 1.807) is 26.8 Å². The van der Waals surface area contributed by atoms with Crippen molar-refractivity contribution in [2.75, 3.05) is 0 Å². The molecule has 0 aromatic heterocycles. The number of hydrogen-bond acceptors (Lipinski definition) is 4. The van der Waals surface area contributed by atoms with Crippen molar-refractivity contribution in [1.82, 2.24) is 5.32 Å². The van der Waals surface area contributed by atoms with Crippen molar-refractivity contribution in [2.24, 2.45) is 11.8 Å². The molecule has 136 valence electrons. The average Bonchev–Trinajstić information content (AvgIpc) is 3.26. The maximum atomic E-state index is 12.7. The molecule has 1 saturated carbocycles. The van der Waals surface area contributed by atoms with Crippen LogP contribution in [0.3, 0.4) is 0 Å². The quantitative estimate of drug-likeness (QED) is 0.628. The Bertz CT molecular complexity index is 635.